The first-order valence-corrected chi connectivity index (χ1v) is 10.6. The van der Waals surface area contributed by atoms with Gasteiger partial charge in [-0.2, -0.15) is 12.6 Å². The van der Waals surface area contributed by atoms with Crippen molar-refractivity contribution in [1.29, 1.82) is 0 Å². The third-order valence-corrected chi connectivity index (χ3v) is 3.64. The van der Waals surface area contributed by atoms with Crippen LogP contribution in [0.3, 0.4) is 0 Å². The molecule has 178 valence electrons. The Labute approximate surface area is 184 Å². The first-order chi connectivity index (χ1) is 14.3. The minimum absolute atomic E-state index is 0.0240. The van der Waals surface area contributed by atoms with E-state index in [0.717, 1.165) is 0 Å². The van der Waals surface area contributed by atoms with Crippen molar-refractivity contribution in [2.75, 3.05) is 72.6 Å². The summed E-state index contributed by atoms with van der Waals surface area (Å²) in [5.74, 6) is -0.477. The standard InChI is InChI=1S/C19H37FN2O7S/c1-15(2)29-14-18(23)21-4-5-25-6-7-26-8-9-27-10-11-28-13-17(20)12-22-19(24)16(3)30/h15-17,30H,4-14H2,1-3H3,(H,21,23)(H,22,24). The fraction of sp³-hybridized carbons (Fsp3) is 0.895. The highest BCUT2D eigenvalue weighted by atomic mass is 32.1. The molecular weight excluding hydrogens is 419 g/mol. The third kappa shape index (κ3) is 20.3. The molecule has 0 spiro atoms. The van der Waals surface area contributed by atoms with Crippen LogP contribution in [-0.4, -0.2) is 102 Å². The number of carbonyl (C=O) groups is 2. The van der Waals surface area contributed by atoms with Crippen LogP contribution in [0.25, 0.3) is 0 Å². The van der Waals surface area contributed by atoms with Crippen molar-refractivity contribution in [3.63, 3.8) is 0 Å². The maximum absolute atomic E-state index is 13.5. The molecule has 2 amide bonds. The van der Waals surface area contributed by atoms with Crippen molar-refractivity contribution in [2.24, 2.45) is 0 Å². The topological polar surface area (TPSA) is 104 Å². The van der Waals surface area contributed by atoms with Gasteiger partial charge in [0.1, 0.15) is 12.8 Å². The lowest BCUT2D eigenvalue weighted by Crippen LogP contribution is -2.36. The van der Waals surface area contributed by atoms with Gasteiger partial charge >= 0.3 is 0 Å². The van der Waals surface area contributed by atoms with E-state index in [-0.39, 0.29) is 44.3 Å². The zero-order valence-electron chi connectivity index (χ0n) is 18.2. The molecule has 30 heavy (non-hydrogen) atoms. The number of hydrogen-bond donors (Lipinski definition) is 3. The maximum Gasteiger partial charge on any atom is 0.246 e. The number of thiol groups is 1. The molecule has 11 heteroatoms. The van der Waals surface area contributed by atoms with E-state index >= 15 is 0 Å². The number of ether oxygens (including phenoxy) is 5. The zero-order chi connectivity index (χ0) is 22.6. The second-order valence-corrected chi connectivity index (χ2v) is 7.41. The largest absolute Gasteiger partial charge is 0.377 e. The van der Waals surface area contributed by atoms with Gasteiger partial charge in [0, 0.05) is 6.54 Å². The van der Waals surface area contributed by atoms with Gasteiger partial charge in [0.25, 0.3) is 0 Å². The highest BCUT2D eigenvalue weighted by molar-refractivity contribution is 7.81. The van der Waals surface area contributed by atoms with E-state index < -0.39 is 11.4 Å². The molecule has 2 N–H and O–H groups in total. The van der Waals surface area contributed by atoms with Crippen LogP contribution in [0, 0.1) is 0 Å². The minimum atomic E-state index is -1.27. The molecule has 0 bridgehead atoms. The summed E-state index contributed by atoms with van der Waals surface area (Å²) >= 11 is 3.95. The van der Waals surface area contributed by atoms with Gasteiger partial charge in [0.2, 0.25) is 11.8 Å². The van der Waals surface area contributed by atoms with E-state index in [1.165, 1.54) is 0 Å². The zero-order valence-corrected chi connectivity index (χ0v) is 19.1. The van der Waals surface area contributed by atoms with E-state index in [2.05, 4.69) is 23.3 Å². The average Bonchev–Trinajstić information content (AvgIpc) is 2.70. The van der Waals surface area contributed by atoms with Gasteiger partial charge in [-0.15, -0.1) is 0 Å². The summed E-state index contributed by atoms with van der Waals surface area (Å²) < 4.78 is 39.8. The predicted octanol–water partition coefficient (Wildman–Crippen LogP) is 0.367. The highest BCUT2D eigenvalue weighted by Crippen LogP contribution is 1.95. The van der Waals surface area contributed by atoms with Crippen LogP contribution in [0.2, 0.25) is 0 Å². The number of hydrogen-bond acceptors (Lipinski definition) is 8. The molecule has 9 nitrogen and oxygen atoms in total. The molecule has 0 fully saturated rings. The summed E-state index contributed by atoms with van der Waals surface area (Å²) in [4.78, 5) is 22.6. The van der Waals surface area contributed by atoms with Crippen molar-refractivity contribution in [1.82, 2.24) is 10.6 Å². The first-order valence-electron chi connectivity index (χ1n) is 10.1. The molecule has 0 aliphatic heterocycles. The Kier molecular flexibility index (Phi) is 19.3. The van der Waals surface area contributed by atoms with Gasteiger partial charge in [-0.25, -0.2) is 4.39 Å². The van der Waals surface area contributed by atoms with Crippen molar-refractivity contribution in [2.45, 2.75) is 38.3 Å². The lowest BCUT2D eigenvalue weighted by atomic mass is 10.3. The first kappa shape index (κ1) is 29.0. The number of carbonyl (C=O) groups excluding carboxylic acids is 2. The molecule has 0 rings (SSSR count). The molecular formula is C19H37FN2O7S. The number of halogens is 1. The molecule has 0 heterocycles. The average molecular weight is 457 g/mol. The lowest BCUT2D eigenvalue weighted by molar-refractivity contribution is -0.127. The van der Waals surface area contributed by atoms with Crippen LogP contribution in [0.15, 0.2) is 0 Å². The number of alkyl halides is 1. The summed E-state index contributed by atoms with van der Waals surface area (Å²) in [6.45, 7) is 8.24. The van der Waals surface area contributed by atoms with Crippen LogP contribution in [0.4, 0.5) is 4.39 Å². The van der Waals surface area contributed by atoms with E-state index in [9.17, 15) is 14.0 Å². The fourth-order valence-electron chi connectivity index (χ4n) is 1.84. The van der Waals surface area contributed by atoms with Crippen LogP contribution in [-0.2, 0) is 33.3 Å². The van der Waals surface area contributed by atoms with Gasteiger partial charge in [-0.1, -0.05) is 0 Å². The van der Waals surface area contributed by atoms with E-state index in [1.54, 1.807) is 6.92 Å². The molecule has 0 aromatic heterocycles. The molecule has 0 aromatic carbocycles. The number of amides is 2. The molecule has 0 saturated heterocycles. The van der Waals surface area contributed by atoms with E-state index in [0.29, 0.717) is 46.2 Å². The van der Waals surface area contributed by atoms with Crippen LogP contribution < -0.4 is 10.6 Å². The maximum atomic E-state index is 13.5. The summed E-state index contributed by atoms with van der Waals surface area (Å²) in [7, 11) is 0. The predicted molar refractivity (Wildman–Crippen MR) is 114 cm³/mol. The second kappa shape index (κ2) is 20.0. The molecule has 0 aliphatic carbocycles. The Morgan fingerprint density at radius 3 is 1.93 bits per heavy atom. The van der Waals surface area contributed by atoms with E-state index in [1.807, 2.05) is 13.8 Å². The lowest BCUT2D eigenvalue weighted by Gasteiger charge is -2.12. The van der Waals surface area contributed by atoms with Gasteiger partial charge in [-0.05, 0) is 20.8 Å². The second-order valence-electron chi connectivity index (χ2n) is 6.64. The monoisotopic (exact) mass is 456 g/mol. The fourth-order valence-corrected chi connectivity index (χ4v) is 1.94. The molecule has 0 radical (unpaired) electrons. The molecule has 0 saturated carbocycles. The number of rotatable bonds is 20. The van der Waals surface area contributed by atoms with Gasteiger partial charge in [0.05, 0.1) is 70.8 Å². The highest BCUT2D eigenvalue weighted by Gasteiger charge is 2.11. The molecule has 0 aliphatic rings. The quantitative estimate of drug-likeness (QED) is 0.180. The smallest absolute Gasteiger partial charge is 0.246 e. The van der Waals surface area contributed by atoms with Gasteiger partial charge in [0.15, 0.2) is 0 Å². The Morgan fingerprint density at radius 2 is 1.40 bits per heavy atom. The van der Waals surface area contributed by atoms with Gasteiger partial charge < -0.3 is 34.3 Å². The van der Waals surface area contributed by atoms with Crippen LogP contribution in [0.5, 0.6) is 0 Å². The number of nitrogens with one attached hydrogen (secondary N) is 2. The van der Waals surface area contributed by atoms with Crippen LogP contribution in [0.1, 0.15) is 20.8 Å². The van der Waals surface area contributed by atoms with Crippen molar-refractivity contribution in [3.05, 3.63) is 0 Å². The third-order valence-electron chi connectivity index (χ3n) is 3.41. The molecule has 2 atom stereocenters. The molecule has 0 aromatic rings. The van der Waals surface area contributed by atoms with Crippen LogP contribution >= 0.6 is 12.6 Å². The Balaban J connectivity index is 3.26. The summed E-state index contributed by atoms with van der Waals surface area (Å²) in [5, 5.41) is 4.66. The Bertz CT molecular complexity index is 445. The Hall–Kier alpha value is -0.980. The Morgan fingerprint density at radius 1 is 0.867 bits per heavy atom. The normalized spacial score (nSPS) is 13.3. The SMILES string of the molecule is CC(C)OCC(=O)NCCOCCOCCOCCOCC(F)CNC(=O)C(C)S. The van der Waals surface area contributed by atoms with E-state index in [4.69, 9.17) is 23.7 Å². The van der Waals surface area contributed by atoms with Crippen molar-refractivity contribution >= 4 is 24.4 Å². The minimum Gasteiger partial charge on any atom is -0.377 e. The summed E-state index contributed by atoms with van der Waals surface area (Å²) in [6, 6.07) is 0. The van der Waals surface area contributed by atoms with Gasteiger partial charge in [-0.3, -0.25) is 9.59 Å². The van der Waals surface area contributed by atoms with Crippen molar-refractivity contribution < 1.29 is 37.7 Å². The summed E-state index contributed by atoms with van der Waals surface area (Å²) in [5.41, 5.74) is 0. The molecule has 2 unspecified atom stereocenters. The van der Waals surface area contributed by atoms with Crippen molar-refractivity contribution in [3.8, 4) is 0 Å². The summed E-state index contributed by atoms with van der Waals surface area (Å²) in [6.07, 6.45) is -1.25.